The third-order valence-electron chi connectivity index (χ3n) is 3.35. The Morgan fingerprint density at radius 2 is 2.14 bits per heavy atom. The molecule has 1 aromatic rings. The largest absolute Gasteiger partial charge is 0.464 e. The molecule has 0 radical (unpaired) electrons. The van der Waals surface area contributed by atoms with E-state index < -0.39 is 5.97 Å². The number of aromatic nitrogens is 1. The van der Waals surface area contributed by atoms with Gasteiger partial charge in [-0.05, 0) is 18.8 Å². The van der Waals surface area contributed by atoms with Crippen LogP contribution in [0, 0.1) is 5.92 Å². The number of thiazole rings is 1. The molecule has 0 aliphatic heterocycles. The molecule has 0 bridgehead atoms. The lowest BCUT2D eigenvalue weighted by molar-refractivity contribution is -0.132. The first-order valence-electron chi connectivity index (χ1n) is 7.78. The first-order valence-corrected chi connectivity index (χ1v) is 8.66. The summed E-state index contributed by atoms with van der Waals surface area (Å²) in [4.78, 5) is 29.9. The number of ether oxygens (including phenoxy) is 1. The van der Waals surface area contributed by atoms with E-state index in [1.54, 1.807) is 5.38 Å². The zero-order valence-corrected chi connectivity index (χ0v) is 14.7. The Balaban J connectivity index is 2.71. The maximum Gasteiger partial charge on any atom is 0.357 e. The molecule has 1 rings (SSSR count). The summed E-state index contributed by atoms with van der Waals surface area (Å²) in [6.45, 7) is 7.57. The number of esters is 1. The van der Waals surface area contributed by atoms with E-state index in [0.717, 1.165) is 30.8 Å². The second kappa shape index (κ2) is 9.56. The quantitative estimate of drug-likeness (QED) is 0.652. The molecule has 124 valence electrons. The number of nitrogens with zero attached hydrogens (tertiary/aromatic N) is 2. The molecule has 1 amide bonds. The molecule has 1 aromatic heterocycles. The summed E-state index contributed by atoms with van der Waals surface area (Å²) in [5.41, 5.74) is 0.312. The van der Waals surface area contributed by atoms with Crippen molar-refractivity contribution in [3.63, 3.8) is 0 Å². The highest BCUT2D eigenvalue weighted by atomic mass is 32.1. The van der Waals surface area contributed by atoms with E-state index in [9.17, 15) is 9.59 Å². The Morgan fingerprint density at radius 3 is 2.73 bits per heavy atom. The van der Waals surface area contributed by atoms with Gasteiger partial charge in [0.05, 0.1) is 13.7 Å². The summed E-state index contributed by atoms with van der Waals surface area (Å²) in [5, 5.41) is 2.45. The van der Waals surface area contributed by atoms with E-state index in [2.05, 4.69) is 30.5 Å². The first kappa shape index (κ1) is 18.6. The van der Waals surface area contributed by atoms with Gasteiger partial charge in [0.1, 0.15) is 5.01 Å². The van der Waals surface area contributed by atoms with Crippen molar-refractivity contribution in [2.24, 2.45) is 5.92 Å². The Labute approximate surface area is 136 Å². The van der Waals surface area contributed by atoms with Gasteiger partial charge in [-0.1, -0.05) is 27.2 Å². The molecule has 0 fully saturated rings. The summed E-state index contributed by atoms with van der Waals surface area (Å²) in [5.74, 6) is 0.272. The van der Waals surface area contributed by atoms with Crippen LogP contribution in [0.25, 0.3) is 0 Å². The van der Waals surface area contributed by atoms with Crippen molar-refractivity contribution >= 4 is 23.2 Å². The number of hydrogen-bond donors (Lipinski definition) is 0. The average Bonchev–Trinajstić information content (AvgIpc) is 2.96. The van der Waals surface area contributed by atoms with Gasteiger partial charge in [0.15, 0.2) is 5.69 Å². The van der Waals surface area contributed by atoms with E-state index in [-0.39, 0.29) is 5.91 Å². The molecule has 0 spiro atoms. The van der Waals surface area contributed by atoms with Crippen LogP contribution in [0.2, 0.25) is 0 Å². The van der Waals surface area contributed by atoms with Crippen molar-refractivity contribution in [1.29, 1.82) is 0 Å². The fourth-order valence-corrected chi connectivity index (χ4v) is 2.72. The average molecular weight is 326 g/mol. The minimum absolute atomic E-state index is 0.164. The molecule has 0 saturated heterocycles. The van der Waals surface area contributed by atoms with Crippen LogP contribution in [0.5, 0.6) is 0 Å². The number of carbonyl (C=O) groups is 2. The zero-order valence-electron chi connectivity index (χ0n) is 13.9. The Kier molecular flexibility index (Phi) is 8.09. The Bertz CT molecular complexity index is 485. The van der Waals surface area contributed by atoms with Crippen molar-refractivity contribution in [3.8, 4) is 0 Å². The van der Waals surface area contributed by atoms with Crippen molar-refractivity contribution in [3.05, 3.63) is 16.1 Å². The molecule has 0 N–H and O–H groups in total. The lowest BCUT2D eigenvalue weighted by atomic mass is 10.1. The lowest BCUT2D eigenvalue weighted by Gasteiger charge is -2.22. The molecular weight excluding hydrogens is 300 g/mol. The van der Waals surface area contributed by atoms with E-state index in [0.29, 0.717) is 24.6 Å². The Morgan fingerprint density at radius 1 is 1.41 bits per heavy atom. The number of rotatable bonds is 9. The van der Waals surface area contributed by atoms with Crippen molar-refractivity contribution in [2.75, 3.05) is 13.7 Å². The summed E-state index contributed by atoms with van der Waals surface area (Å²) < 4.78 is 4.66. The van der Waals surface area contributed by atoms with Crippen LogP contribution in [0.1, 0.15) is 62.0 Å². The maximum absolute atomic E-state index is 12.3. The van der Waals surface area contributed by atoms with Gasteiger partial charge < -0.3 is 9.64 Å². The minimum atomic E-state index is -0.437. The van der Waals surface area contributed by atoms with Crippen LogP contribution in [0.15, 0.2) is 5.38 Å². The lowest BCUT2D eigenvalue weighted by Crippen LogP contribution is -2.32. The van der Waals surface area contributed by atoms with Crippen molar-refractivity contribution in [2.45, 2.75) is 53.0 Å². The van der Waals surface area contributed by atoms with Gasteiger partial charge in [-0.3, -0.25) is 4.79 Å². The molecule has 0 aliphatic rings. The smallest absolute Gasteiger partial charge is 0.357 e. The second-order valence-electron chi connectivity index (χ2n) is 5.72. The van der Waals surface area contributed by atoms with E-state index in [4.69, 9.17) is 0 Å². The first-order chi connectivity index (χ1) is 10.5. The van der Waals surface area contributed by atoms with Gasteiger partial charge in [-0.25, -0.2) is 9.78 Å². The SMILES string of the molecule is CCCCC(=O)N(CCC(C)C)Cc1nc(C(=O)OC)cs1. The predicted octanol–water partition coefficient (Wildman–Crippen LogP) is 3.49. The summed E-state index contributed by atoms with van der Waals surface area (Å²) >= 11 is 1.39. The molecule has 5 nitrogen and oxygen atoms in total. The van der Waals surface area contributed by atoms with Gasteiger partial charge in [0.2, 0.25) is 5.91 Å². The standard InChI is InChI=1S/C16H26N2O3S/c1-5-6-7-15(19)18(9-8-12(2)3)10-14-17-13(11-22-14)16(20)21-4/h11-12H,5-10H2,1-4H3. The number of methoxy groups -OCH3 is 1. The normalized spacial score (nSPS) is 10.8. The van der Waals surface area contributed by atoms with E-state index in [1.165, 1.54) is 18.4 Å². The molecule has 22 heavy (non-hydrogen) atoms. The summed E-state index contributed by atoms with van der Waals surface area (Å²) in [6, 6.07) is 0. The zero-order chi connectivity index (χ0) is 16.5. The number of hydrogen-bond acceptors (Lipinski definition) is 5. The van der Waals surface area contributed by atoms with E-state index in [1.807, 2.05) is 4.90 Å². The second-order valence-corrected chi connectivity index (χ2v) is 6.66. The topological polar surface area (TPSA) is 59.5 Å². The van der Waals surface area contributed by atoms with Crippen LogP contribution in [-0.2, 0) is 16.1 Å². The summed E-state index contributed by atoms with van der Waals surface area (Å²) in [7, 11) is 1.34. The van der Waals surface area contributed by atoms with Crippen molar-refractivity contribution in [1.82, 2.24) is 9.88 Å². The van der Waals surface area contributed by atoms with Crippen LogP contribution in [0.3, 0.4) is 0 Å². The molecule has 0 saturated carbocycles. The van der Waals surface area contributed by atoms with Crippen LogP contribution in [0.4, 0.5) is 0 Å². The highest BCUT2D eigenvalue weighted by Crippen LogP contribution is 2.16. The molecule has 0 atom stereocenters. The fourth-order valence-electron chi connectivity index (χ4n) is 1.94. The highest BCUT2D eigenvalue weighted by molar-refractivity contribution is 7.09. The fraction of sp³-hybridized carbons (Fsp3) is 0.688. The van der Waals surface area contributed by atoms with Gasteiger partial charge in [-0.2, -0.15) is 0 Å². The van der Waals surface area contributed by atoms with Crippen LogP contribution >= 0.6 is 11.3 Å². The van der Waals surface area contributed by atoms with Gasteiger partial charge >= 0.3 is 5.97 Å². The predicted molar refractivity (Wildman–Crippen MR) is 87.9 cm³/mol. The Hall–Kier alpha value is -1.43. The molecule has 0 aromatic carbocycles. The molecule has 0 aliphatic carbocycles. The number of unbranched alkanes of at least 4 members (excludes halogenated alkanes) is 1. The number of amides is 1. The molecule has 6 heteroatoms. The highest BCUT2D eigenvalue weighted by Gasteiger charge is 2.17. The van der Waals surface area contributed by atoms with Crippen molar-refractivity contribution < 1.29 is 14.3 Å². The third-order valence-corrected chi connectivity index (χ3v) is 4.18. The molecule has 1 heterocycles. The van der Waals surface area contributed by atoms with Crippen LogP contribution < -0.4 is 0 Å². The van der Waals surface area contributed by atoms with Gasteiger partial charge in [-0.15, -0.1) is 11.3 Å². The van der Waals surface area contributed by atoms with E-state index >= 15 is 0 Å². The monoisotopic (exact) mass is 326 g/mol. The van der Waals surface area contributed by atoms with Crippen LogP contribution in [-0.4, -0.2) is 35.4 Å². The molecular formula is C16H26N2O3S. The number of carbonyl (C=O) groups excluding carboxylic acids is 2. The molecule has 0 unspecified atom stereocenters. The summed E-state index contributed by atoms with van der Waals surface area (Å²) in [6.07, 6.45) is 3.45. The minimum Gasteiger partial charge on any atom is -0.464 e. The van der Waals surface area contributed by atoms with Gasteiger partial charge in [0, 0.05) is 18.3 Å². The third kappa shape index (κ3) is 6.13. The maximum atomic E-state index is 12.3. The van der Waals surface area contributed by atoms with Gasteiger partial charge in [0.25, 0.3) is 0 Å².